The van der Waals surface area contributed by atoms with Crippen LogP contribution < -0.4 is 5.32 Å². The van der Waals surface area contributed by atoms with E-state index in [0.717, 1.165) is 4.90 Å². The van der Waals surface area contributed by atoms with Crippen molar-refractivity contribution in [2.75, 3.05) is 20.7 Å². The fourth-order valence-electron chi connectivity index (χ4n) is 1.72. The number of aliphatic hydroxyl groups is 1. The summed E-state index contributed by atoms with van der Waals surface area (Å²) in [7, 11) is 2.59. The van der Waals surface area contributed by atoms with Crippen molar-refractivity contribution in [3.63, 3.8) is 0 Å². The van der Waals surface area contributed by atoms with Gasteiger partial charge in [-0.25, -0.2) is 4.79 Å². The van der Waals surface area contributed by atoms with Crippen molar-refractivity contribution in [3.8, 4) is 0 Å². The molecule has 0 saturated carbocycles. The Bertz CT molecular complexity index is 366. The van der Waals surface area contributed by atoms with E-state index in [1.165, 1.54) is 21.1 Å². The number of nitrogens with one attached hydrogen (secondary N) is 1. The second-order valence-corrected chi connectivity index (χ2v) is 4.53. The van der Waals surface area contributed by atoms with Crippen molar-refractivity contribution < 1.29 is 24.2 Å². The predicted molar refractivity (Wildman–Crippen MR) is 61.4 cm³/mol. The van der Waals surface area contributed by atoms with Gasteiger partial charge in [-0.05, 0) is 13.3 Å². The number of nitrogens with zero attached hydrogens (tertiary/aromatic N) is 1. The van der Waals surface area contributed by atoms with E-state index in [9.17, 15) is 19.5 Å². The van der Waals surface area contributed by atoms with Gasteiger partial charge in [-0.1, -0.05) is 0 Å². The third kappa shape index (κ3) is 3.05. The molecule has 0 aromatic carbocycles. The van der Waals surface area contributed by atoms with Crippen molar-refractivity contribution in [3.05, 3.63) is 0 Å². The van der Waals surface area contributed by atoms with E-state index in [4.69, 9.17) is 0 Å². The number of hydrogen-bond acceptors (Lipinski definition) is 6. The summed E-state index contributed by atoms with van der Waals surface area (Å²) in [6.45, 7) is 1.19. The molecule has 2 atom stereocenters. The van der Waals surface area contributed by atoms with Crippen molar-refractivity contribution >= 4 is 17.8 Å². The van der Waals surface area contributed by atoms with Gasteiger partial charge in [0.1, 0.15) is 0 Å². The average Bonchev–Trinajstić information content (AvgIpc) is 2.34. The molecule has 1 aliphatic heterocycles. The van der Waals surface area contributed by atoms with Crippen molar-refractivity contribution in [1.29, 1.82) is 0 Å². The molecule has 0 radical (unpaired) electrons. The SMILES string of the molecule is COC(=O)C(C)(O)CNC1CCC(=O)N(C)C1=O. The molecular weight excluding hydrogens is 240 g/mol. The molecule has 2 N–H and O–H groups in total. The number of rotatable bonds is 4. The normalized spacial score (nSPS) is 23.8. The zero-order valence-electron chi connectivity index (χ0n) is 10.7. The maximum Gasteiger partial charge on any atom is 0.338 e. The van der Waals surface area contributed by atoms with Gasteiger partial charge >= 0.3 is 5.97 Å². The van der Waals surface area contributed by atoms with E-state index in [2.05, 4.69) is 10.1 Å². The monoisotopic (exact) mass is 258 g/mol. The Balaban J connectivity index is 2.56. The van der Waals surface area contributed by atoms with Gasteiger partial charge in [0, 0.05) is 20.0 Å². The number of amides is 2. The van der Waals surface area contributed by atoms with Gasteiger partial charge in [-0.3, -0.25) is 14.5 Å². The van der Waals surface area contributed by atoms with E-state index >= 15 is 0 Å². The number of piperidine rings is 1. The summed E-state index contributed by atoms with van der Waals surface area (Å²) in [6.07, 6.45) is 0.625. The molecule has 2 unspecified atom stereocenters. The first-order chi connectivity index (χ1) is 8.29. The fraction of sp³-hybridized carbons (Fsp3) is 0.727. The number of ether oxygens (including phenoxy) is 1. The smallest absolute Gasteiger partial charge is 0.338 e. The molecule has 1 fully saturated rings. The first-order valence-corrected chi connectivity index (χ1v) is 5.64. The third-order valence-electron chi connectivity index (χ3n) is 2.97. The molecule has 18 heavy (non-hydrogen) atoms. The van der Waals surface area contributed by atoms with E-state index in [0.29, 0.717) is 6.42 Å². The minimum atomic E-state index is -1.70. The predicted octanol–water partition coefficient (Wildman–Crippen LogP) is -1.35. The van der Waals surface area contributed by atoms with E-state index in [-0.39, 0.29) is 24.8 Å². The number of imide groups is 1. The Hall–Kier alpha value is -1.47. The van der Waals surface area contributed by atoms with Gasteiger partial charge in [-0.2, -0.15) is 0 Å². The molecule has 1 rings (SSSR count). The number of hydrogen-bond donors (Lipinski definition) is 2. The van der Waals surface area contributed by atoms with Crippen LogP contribution in [-0.2, 0) is 19.1 Å². The Kier molecular flexibility index (Phi) is 4.42. The summed E-state index contributed by atoms with van der Waals surface area (Å²) < 4.78 is 4.44. The van der Waals surface area contributed by atoms with Gasteiger partial charge < -0.3 is 15.2 Å². The lowest BCUT2D eigenvalue weighted by molar-refractivity contribution is -0.161. The molecule has 0 bridgehead atoms. The van der Waals surface area contributed by atoms with Crippen LogP contribution in [0.25, 0.3) is 0 Å². The Morgan fingerprint density at radius 2 is 2.22 bits per heavy atom. The lowest BCUT2D eigenvalue weighted by Gasteiger charge is -2.30. The van der Waals surface area contributed by atoms with Crippen molar-refractivity contribution in [2.24, 2.45) is 0 Å². The van der Waals surface area contributed by atoms with Crippen LogP contribution in [0.4, 0.5) is 0 Å². The molecule has 2 amide bonds. The Labute approximate surface area is 105 Å². The molecule has 102 valence electrons. The van der Waals surface area contributed by atoms with Crippen LogP contribution in [0.3, 0.4) is 0 Å². The van der Waals surface area contributed by atoms with Crippen LogP contribution in [0.2, 0.25) is 0 Å². The number of carbonyl (C=O) groups is 3. The summed E-state index contributed by atoms with van der Waals surface area (Å²) in [5.74, 6) is -1.35. The van der Waals surface area contributed by atoms with Crippen molar-refractivity contribution in [1.82, 2.24) is 10.2 Å². The van der Waals surface area contributed by atoms with Gasteiger partial charge in [0.25, 0.3) is 0 Å². The first kappa shape index (κ1) is 14.6. The number of carbonyl (C=O) groups excluding carboxylic acids is 3. The zero-order valence-corrected chi connectivity index (χ0v) is 10.7. The van der Waals surface area contributed by atoms with E-state index in [1.807, 2.05) is 0 Å². The molecule has 0 aliphatic carbocycles. The highest BCUT2D eigenvalue weighted by molar-refractivity contribution is 6.00. The minimum absolute atomic E-state index is 0.113. The zero-order chi connectivity index (χ0) is 13.9. The second-order valence-electron chi connectivity index (χ2n) is 4.53. The minimum Gasteiger partial charge on any atom is -0.467 e. The van der Waals surface area contributed by atoms with Gasteiger partial charge in [-0.15, -0.1) is 0 Å². The summed E-state index contributed by atoms with van der Waals surface area (Å²) >= 11 is 0. The van der Waals surface area contributed by atoms with Crippen LogP contribution in [0.1, 0.15) is 19.8 Å². The summed E-state index contributed by atoms with van der Waals surface area (Å²) in [6, 6.07) is -0.566. The number of methoxy groups -OCH3 is 1. The third-order valence-corrected chi connectivity index (χ3v) is 2.97. The van der Waals surface area contributed by atoms with Crippen LogP contribution in [0, 0.1) is 0 Å². The number of esters is 1. The molecule has 1 aliphatic rings. The maximum atomic E-state index is 11.7. The fourth-order valence-corrected chi connectivity index (χ4v) is 1.72. The second kappa shape index (κ2) is 5.45. The molecule has 0 aromatic heterocycles. The standard InChI is InChI=1S/C11H18N2O5/c1-11(17,10(16)18-3)6-12-7-4-5-8(14)13(2)9(7)15/h7,12,17H,4-6H2,1-3H3. The lowest BCUT2D eigenvalue weighted by Crippen LogP contribution is -2.55. The first-order valence-electron chi connectivity index (χ1n) is 5.64. The molecule has 0 spiro atoms. The number of likely N-dealkylation sites (tertiary alicyclic amines) is 1. The van der Waals surface area contributed by atoms with Gasteiger partial charge in [0.05, 0.1) is 13.2 Å². The van der Waals surface area contributed by atoms with Crippen LogP contribution in [-0.4, -0.2) is 60.1 Å². The van der Waals surface area contributed by atoms with E-state index < -0.39 is 17.6 Å². The maximum absolute atomic E-state index is 11.7. The number of likely N-dealkylation sites (N-methyl/N-ethyl adjacent to an activating group) is 1. The average molecular weight is 258 g/mol. The van der Waals surface area contributed by atoms with E-state index in [1.54, 1.807) is 0 Å². The summed E-state index contributed by atoms with van der Waals surface area (Å²) in [5.41, 5.74) is -1.70. The summed E-state index contributed by atoms with van der Waals surface area (Å²) in [5, 5.41) is 12.6. The van der Waals surface area contributed by atoms with Gasteiger partial charge in [0.15, 0.2) is 5.60 Å². The Morgan fingerprint density at radius 1 is 1.61 bits per heavy atom. The van der Waals surface area contributed by atoms with Crippen LogP contribution in [0.15, 0.2) is 0 Å². The topological polar surface area (TPSA) is 95.9 Å². The molecule has 1 heterocycles. The summed E-state index contributed by atoms with van der Waals surface area (Å²) in [4.78, 5) is 35.3. The molecular formula is C11H18N2O5. The van der Waals surface area contributed by atoms with Crippen LogP contribution in [0.5, 0.6) is 0 Å². The molecule has 7 heteroatoms. The Morgan fingerprint density at radius 3 is 2.78 bits per heavy atom. The van der Waals surface area contributed by atoms with Crippen LogP contribution >= 0.6 is 0 Å². The highest BCUT2D eigenvalue weighted by Gasteiger charge is 2.36. The van der Waals surface area contributed by atoms with Gasteiger partial charge in [0.2, 0.25) is 11.8 Å². The quantitative estimate of drug-likeness (QED) is 0.478. The highest BCUT2D eigenvalue weighted by Crippen LogP contribution is 2.13. The molecule has 7 nitrogen and oxygen atoms in total. The van der Waals surface area contributed by atoms with Crippen molar-refractivity contribution in [2.45, 2.75) is 31.4 Å². The molecule has 1 saturated heterocycles. The largest absolute Gasteiger partial charge is 0.467 e. The highest BCUT2D eigenvalue weighted by atomic mass is 16.5. The molecule has 0 aromatic rings. The lowest BCUT2D eigenvalue weighted by atomic mass is 10.0.